The van der Waals surface area contributed by atoms with Crippen LogP contribution in [0.4, 0.5) is 4.79 Å². The van der Waals surface area contributed by atoms with Crippen LogP contribution < -0.4 is 15.4 Å². The van der Waals surface area contributed by atoms with Gasteiger partial charge in [-0.1, -0.05) is 18.2 Å². The molecule has 0 spiro atoms. The monoisotopic (exact) mass is 431 g/mol. The number of carbonyl (C=O) groups is 3. The fourth-order valence-electron chi connectivity index (χ4n) is 3.23. The lowest BCUT2D eigenvalue weighted by Gasteiger charge is -2.32. The molecule has 0 atom stereocenters. The predicted molar refractivity (Wildman–Crippen MR) is 119 cm³/mol. The zero-order valence-corrected chi connectivity index (χ0v) is 18.8. The first-order valence-corrected chi connectivity index (χ1v) is 10.5. The zero-order valence-electron chi connectivity index (χ0n) is 18.8. The van der Waals surface area contributed by atoms with Gasteiger partial charge in [0, 0.05) is 31.3 Å². The van der Waals surface area contributed by atoms with Crippen molar-refractivity contribution >= 4 is 24.0 Å². The second-order valence-electron chi connectivity index (χ2n) is 8.50. The van der Waals surface area contributed by atoms with Gasteiger partial charge in [0.05, 0.1) is 7.11 Å². The first-order valence-electron chi connectivity index (χ1n) is 10.5. The van der Waals surface area contributed by atoms with E-state index in [0.717, 1.165) is 18.4 Å². The summed E-state index contributed by atoms with van der Waals surface area (Å²) in [5.41, 5.74) is 0.241. The summed E-state index contributed by atoms with van der Waals surface area (Å²) >= 11 is 0. The maximum absolute atomic E-state index is 12.3. The Kier molecular flexibility index (Phi) is 8.90. The molecule has 0 saturated carbocycles. The molecule has 0 aromatic heterocycles. The largest absolute Gasteiger partial charge is 0.496 e. The number of hydrogen-bond donors (Lipinski definition) is 2. The number of piperidine rings is 1. The summed E-state index contributed by atoms with van der Waals surface area (Å²) in [5, 5.41) is 5.42. The Morgan fingerprint density at radius 1 is 1.13 bits per heavy atom. The van der Waals surface area contributed by atoms with Crippen molar-refractivity contribution in [3.63, 3.8) is 0 Å². The van der Waals surface area contributed by atoms with Crippen LogP contribution in [0.3, 0.4) is 0 Å². The van der Waals surface area contributed by atoms with Crippen LogP contribution >= 0.6 is 0 Å². The summed E-state index contributed by atoms with van der Waals surface area (Å²) in [5.74, 6) is 0.732. The Morgan fingerprint density at radius 3 is 2.45 bits per heavy atom. The molecule has 1 fully saturated rings. The predicted octanol–water partition coefficient (Wildman–Crippen LogP) is 2.59. The van der Waals surface area contributed by atoms with Crippen LogP contribution in [0.25, 0.3) is 6.08 Å². The average molecular weight is 432 g/mol. The summed E-state index contributed by atoms with van der Waals surface area (Å²) in [6.07, 6.45) is 4.23. The Morgan fingerprint density at radius 2 is 1.81 bits per heavy atom. The van der Waals surface area contributed by atoms with Crippen molar-refractivity contribution < 1.29 is 23.9 Å². The van der Waals surface area contributed by atoms with E-state index < -0.39 is 11.7 Å². The smallest absolute Gasteiger partial charge is 0.408 e. The number of hydrogen-bond acceptors (Lipinski definition) is 5. The molecule has 0 bridgehead atoms. The molecule has 8 nitrogen and oxygen atoms in total. The van der Waals surface area contributed by atoms with Gasteiger partial charge in [-0.05, 0) is 51.7 Å². The van der Waals surface area contributed by atoms with E-state index in [4.69, 9.17) is 9.47 Å². The first kappa shape index (κ1) is 24.2. The number of methoxy groups -OCH3 is 1. The molecule has 0 aliphatic carbocycles. The van der Waals surface area contributed by atoms with Gasteiger partial charge in [-0.25, -0.2) is 4.79 Å². The molecule has 2 rings (SSSR count). The average Bonchev–Trinajstić information content (AvgIpc) is 2.74. The fourth-order valence-corrected chi connectivity index (χ4v) is 3.23. The standard InChI is InChI=1S/C23H33N3O5/c1-23(2,3)31-22(29)25-16-21(28)26-13-11-17(12-14-26)15-24-20(27)10-9-18-7-5-6-8-19(18)30-4/h5-10,17H,11-16H2,1-4H3,(H,24,27)(H,25,29)/b10-9+. The van der Waals surface area contributed by atoms with Gasteiger partial charge in [-0.2, -0.15) is 0 Å². The minimum atomic E-state index is -0.599. The van der Waals surface area contributed by atoms with E-state index >= 15 is 0 Å². The normalized spacial score (nSPS) is 14.9. The lowest BCUT2D eigenvalue weighted by molar-refractivity contribution is -0.131. The summed E-state index contributed by atoms with van der Waals surface area (Å²) in [6.45, 7) is 7.00. The van der Waals surface area contributed by atoms with Crippen LogP contribution in [0.2, 0.25) is 0 Å². The quantitative estimate of drug-likeness (QED) is 0.647. The zero-order chi connectivity index (χ0) is 22.9. The number of nitrogens with zero attached hydrogens (tertiary/aromatic N) is 1. The molecule has 1 heterocycles. The highest BCUT2D eigenvalue weighted by Crippen LogP contribution is 2.19. The van der Waals surface area contributed by atoms with E-state index in [9.17, 15) is 14.4 Å². The van der Waals surface area contributed by atoms with Crippen LogP contribution in [-0.4, -0.2) is 61.7 Å². The van der Waals surface area contributed by atoms with Crippen molar-refractivity contribution in [3.8, 4) is 5.75 Å². The topological polar surface area (TPSA) is 97.0 Å². The molecule has 8 heteroatoms. The molecule has 170 valence electrons. The molecule has 1 saturated heterocycles. The van der Waals surface area contributed by atoms with E-state index in [1.165, 1.54) is 6.08 Å². The molecule has 2 N–H and O–H groups in total. The lowest BCUT2D eigenvalue weighted by atomic mass is 9.96. The summed E-state index contributed by atoms with van der Waals surface area (Å²) in [7, 11) is 1.59. The second kappa shape index (κ2) is 11.4. The van der Waals surface area contributed by atoms with E-state index in [2.05, 4.69) is 10.6 Å². The van der Waals surface area contributed by atoms with Gasteiger partial charge in [0.25, 0.3) is 0 Å². The highest BCUT2D eigenvalue weighted by Gasteiger charge is 2.24. The first-order chi connectivity index (χ1) is 14.7. The number of amides is 3. The molecule has 0 unspecified atom stereocenters. The Balaban J connectivity index is 1.68. The molecular weight excluding hydrogens is 398 g/mol. The SMILES string of the molecule is COc1ccccc1/C=C/C(=O)NCC1CCN(C(=O)CNC(=O)OC(C)(C)C)CC1. The van der Waals surface area contributed by atoms with Crippen molar-refractivity contribution in [2.75, 3.05) is 33.3 Å². The van der Waals surface area contributed by atoms with Crippen LogP contribution in [0, 0.1) is 5.92 Å². The van der Waals surface area contributed by atoms with Crippen molar-refractivity contribution in [2.24, 2.45) is 5.92 Å². The fraction of sp³-hybridized carbons (Fsp3) is 0.522. The highest BCUT2D eigenvalue weighted by atomic mass is 16.6. The number of rotatable bonds is 7. The van der Waals surface area contributed by atoms with Gasteiger partial charge in [-0.15, -0.1) is 0 Å². The van der Waals surface area contributed by atoms with Crippen molar-refractivity contribution in [1.29, 1.82) is 0 Å². The van der Waals surface area contributed by atoms with Crippen LogP contribution in [-0.2, 0) is 14.3 Å². The molecule has 1 aromatic carbocycles. The van der Waals surface area contributed by atoms with Gasteiger partial charge in [-0.3, -0.25) is 9.59 Å². The highest BCUT2D eigenvalue weighted by molar-refractivity contribution is 5.92. The summed E-state index contributed by atoms with van der Waals surface area (Å²) in [6, 6.07) is 7.49. The second-order valence-corrected chi connectivity index (χ2v) is 8.50. The number of alkyl carbamates (subject to hydrolysis) is 1. The number of carbonyl (C=O) groups excluding carboxylic acids is 3. The van der Waals surface area contributed by atoms with Crippen molar-refractivity contribution in [1.82, 2.24) is 15.5 Å². The number of benzene rings is 1. The maximum atomic E-state index is 12.3. The third-order valence-electron chi connectivity index (χ3n) is 4.87. The Bertz CT molecular complexity index is 793. The number of likely N-dealkylation sites (tertiary alicyclic amines) is 1. The maximum Gasteiger partial charge on any atom is 0.408 e. The van der Waals surface area contributed by atoms with Crippen LogP contribution in [0.15, 0.2) is 30.3 Å². The van der Waals surface area contributed by atoms with Crippen LogP contribution in [0.5, 0.6) is 5.75 Å². The van der Waals surface area contributed by atoms with Crippen molar-refractivity contribution in [2.45, 2.75) is 39.2 Å². The summed E-state index contributed by atoms with van der Waals surface area (Å²) in [4.78, 5) is 37.8. The molecule has 1 aliphatic heterocycles. The lowest BCUT2D eigenvalue weighted by Crippen LogP contribution is -2.46. The van der Waals surface area contributed by atoms with Crippen LogP contribution in [0.1, 0.15) is 39.2 Å². The molecule has 0 radical (unpaired) electrons. The number of nitrogens with one attached hydrogen (secondary N) is 2. The Labute approximate surface area is 184 Å². The molecular formula is C23H33N3O5. The van der Waals surface area contributed by atoms with Crippen molar-refractivity contribution in [3.05, 3.63) is 35.9 Å². The molecule has 1 aliphatic rings. The van der Waals surface area contributed by atoms with Gasteiger partial charge >= 0.3 is 6.09 Å². The molecule has 1 aromatic rings. The van der Waals surface area contributed by atoms with Gasteiger partial charge in [0.2, 0.25) is 11.8 Å². The Hall–Kier alpha value is -3.03. The minimum absolute atomic E-state index is 0.0793. The van der Waals surface area contributed by atoms with Gasteiger partial charge in [0.15, 0.2) is 0 Å². The van der Waals surface area contributed by atoms with E-state index in [-0.39, 0.29) is 18.4 Å². The minimum Gasteiger partial charge on any atom is -0.496 e. The van der Waals surface area contributed by atoms with E-state index in [1.54, 1.807) is 38.9 Å². The van der Waals surface area contributed by atoms with Gasteiger partial charge in [0.1, 0.15) is 17.9 Å². The molecule has 3 amide bonds. The third-order valence-corrected chi connectivity index (χ3v) is 4.87. The number of ether oxygens (including phenoxy) is 2. The third kappa shape index (κ3) is 8.70. The van der Waals surface area contributed by atoms with Gasteiger partial charge < -0.3 is 25.0 Å². The number of para-hydroxylation sites is 1. The summed E-state index contributed by atoms with van der Waals surface area (Å²) < 4.78 is 10.4. The van der Waals surface area contributed by atoms with E-state index in [0.29, 0.717) is 31.3 Å². The van der Waals surface area contributed by atoms with E-state index in [1.807, 2.05) is 24.3 Å². The molecule has 31 heavy (non-hydrogen) atoms.